The van der Waals surface area contributed by atoms with Crippen molar-refractivity contribution in [1.82, 2.24) is 79.7 Å². The molecule has 6 heterocycles. The number of hydrogen-bond donors (Lipinski definition) is 0. The fourth-order valence-electron chi connectivity index (χ4n) is 9.25. The lowest BCUT2D eigenvalue weighted by atomic mass is 10.1. The van der Waals surface area contributed by atoms with Crippen molar-refractivity contribution < 1.29 is 0 Å². The van der Waals surface area contributed by atoms with Crippen LogP contribution < -0.4 is 0 Å². The van der Waals surface area contributed by atoms with Crippen LogP contribution in [0.3, 0.4) is 0 Å². The molecule has 0 saturated carbocycles. The highest BCUT2D eigenvalue weighted by Crippen LogP contribution is 2.33. The van der Waals surface area contributed by atoms with Gasteiger partial charge in [-0.25, -0.2) is 79.7 Å². The van der Waals surface area contributed by atoms with E-state index in [0.29, 0.717) is 69.4 Å². The second-order valence-electron chi connectivity index (χ2n) is 19.1. The quantitative estimate of drug-likeness (QED) is 0.105. The number of aromatic nitrogens is 16. The summed E-state index contributed by atoms with van der Waals surface area (Å²) in [7, 11) is 0. The summed E-state index contributed by atoms with van der Waals surface area (Å²) < 4.78 is 0. The van der Waals surface area contributed by atoms with E-state index < -0.39 is 0 Å². The molecule has 0 aliphatic rings. The highest BCUT2D eigenvalue weighted by molar-refractivity contribution is 5.75. The molecule has 0 radical (unpaired) electrons. The summed E-state index contributed by atoms with van der Waals surface area (Å²) in [5, 5.41) is 0. The van der Waals surface area contributed by atoms with Crippen LogP contribution in [0, 0.1) is 0 Å². The molecular formula is C68H42N16. The van der Waals surface area contributed by atoms with E-state index in [1.165, 1.54) is 0 Å². The molecule has 0 aliphatic heterocycles. The van der Waals surface area contributed by atoms with Gasteiger partial charge in [-0.2, -0.15) is 0 Å². The molecule has 0 amide bonds. The fourth-order valence-corrected chi connectivity index (χ4v) is 9.25. The smallest absolute Gasteiger partial charge is 0.199 e. The number of rotatable bonds is 13. The van der Waals surface area contributed by atoms with Crippen LogP contribution in [-0.4, -0.2) is 79.7 Å². The Morgan fingerprint density at radius 2 is 0.250 bits per heavy atom. The second-order valence-corrected chi connectivity index (χ2v) is 19.1. The van der Waals surface area contributed by atoms with Crippen molar-refractivity contribution in [2.45, 2.75) is 0 Å². The lowest BCUT2D eigenvalue weighted by molar-refractivity contribution is 1.00. The monoisotopic (exact) mass is 1080 g/mol. The Morgan fingerprint density at radius 3 is 0.393 bits per heavy atom. The van der Waals surface area contributed by atoms with Crippen molar-refractivity contribution >= 4 is 0 Å². The Hall–Kier alpha value is -12.0. The Bertz CT molecular complexity index is 3810. The molecule has 14 rings (SSSR count). The van der Waals surface area contributed by atoms with E-state index in [0.717, 1.165) is 44.5 Å². The van der Waals surface area contributed by atoms with Crippen LogP contribution in [0.25, 0.3) is 149 Å². The Balaban J connectivity index is 1.06. The molecule has 14 aromatic rings. The zero-order chi connectivity index (χ0) is 56.0. The minimum Gasteiger partial charge on any atom is -0.222 e. The normalized spacial score (nSPS) is 11.1. The van der Waals surface area contributed by atoms with Crippen LogP contribution in [0.2, 0.25) is 0 Å². The summed E-state index contributed by atoms with van der Waals surface area (Å²) >= 11 is 0. The van der Waals surface area contributed by atoms with Crippen molar-refractivity contribution in [3.8, 4) is 149 Å². The van der Waals surface area contributed by atoms with Crippen LogP contribution in [0.4, 0.5) is 0 Å². The summed E-state index contributed by atoms with van der Waals surface area (Å²) in [6.45, 7) is 0. The molecule has 16 nitrogen and oxygen atoms in total. The fraction of sp³-hybridized carbons (Fsp3) is 0. The van der Waals surface area contributed by atoms with Crippen LogP contribution in [-0.2, 0) is 0 Å². The molecule has 84 heavy (non-hydrogen) atoms. The molecule has 8 aromatic carbocycles. The van der Waals surface area contributed by atoms with E-state index in [-0.39, 0.29) is 34.9 Å². The summed E-state index contributed by atoms with van der Waals surface area (Å²) in [6.07, 6.45) is 0. The Kier molecular flexibility index (Phi) is 13.5. The SMILES string of the molecule is c1ccc(-c2nc(-c3ccccc3)nc(-c3cc(-c4nc(-c5ccccc5)nc(-c5ccccc5)n4)nc(-c4nc(-c5nc(-c6ccccc6)nc(-c6ccccc6)n5)cc(-c5nc(-c6ccccc6)nc(-c6ccccc6)n5)n4)n3)n2)cc1. The summed E-state index contributed by atoms with van der Waals surface area (Å²) in [5.41, 5.74) is 7.36. The van der Waals surface area contributed by atoms with Gasteiger partial charge in [-0.3, -0.25) is 0 Å². The van der Waals surface area contributed by atoms with Gasteiger partial charge < -0.3 is 0 Å². The van der Waals surface area contributed by atoms with E-state index >= 15 is 0 Å². The van der Waals surface area contributed by atoms with E-state index in [4.69, 9.17) is 79.7 Å². The van der Waals surface area contributed by atoms with Crippen molar-refractivity contribution in [3.63, 3.8) is 0 Å². The first-order valence-electron chi connectivity index (χ1n) is 26.8. The van der Waals surface area contributed by atoms with Crippen molar-refractivity contribution in [1.29, 1.82) is 0 Å². The molecule has 0 spiro atoms. The average molecular weight is 1080 g/mol. The molecule has 0 fully saturated rings. The first-order valence-corrected chi connectivity index (χ1v) is 26.8. The Morgan fingerprint density at radius 1 is 0.119 bits per heavy atom. The maximum atomic E-state index is 5.29. The van der Waals surface area contributed by atoms with Crippen LogP contribution in [0.1, 0.15) is 0 Å². The van der Waals surface area contributed by atoms with Crippen molar-refractivity contribution in [2.75, 3.05) is 0 Å². The highest BCUT2D eigenvalue weighted by Gasteiger charge is 2.24. The third kappa shape index (κ3) is 10.7. The minimum atomic E-state index is 0.0534. The topological polar surface area (TPSA) is 206 Å². The molecule has 6 aromatic heterocycles. The van der Waals surface area contributed by atoms with Gasteiger partial charge in [-0.1, -0.05) is 243 Å². The molecule has 0 atom stereocenters. The minimum absolute atomic E-state index is 0.0534. The molecule has 16 heteroatoms. The molecule has 0 saturated heterocycles. The predicted molar refractivity (Wildman–Crippen MR) is 322 cm³/mol. The molecule has 0 bridgehead atoms. The zero-order valence-electron chi connectivity index (χ0n) is 44.4. The lowest BCUT2D eigenvalue weighted by Crippen LogP contribution is -2.08. The molecular weight excluding hydrogens is 1040 g/mol. The van der Waals surface area contributed by atoms with E-state index in [1.54, 1.807) is 12.1 Å². The molecule has 0 unspecified atom stereocenters. The van der Waals surface area contributed by atoms with Gasteiger partial charge in [0.05, 0.1) is 0 Å². The molecule has 394 valence electrons. The zero-order valence-corrected chi connectivity index (χ0v) is 44.4. The van der Waals surface area contributed by atoms with Gasteiger partial charge in [0.1, 0.15) is 22.8 Å². The first kappa shape index (κ1) is 50.2. The number of nitrogens with zero attached hydrogens (tertiary/aromatic N) is 16. The van der Waals surface area contributed by atoms with Crippen molar-refractivity contribution in [2.24, 2.45) is 0 Å². The van der Waals surface area contributed by atoms with Crippen LogP contribution in [0.15, 0.2) is 255 Å². The number of benzene rings is 8. The standard InChI is InChI=1S/C68H42N16/c1-9-25-43(26-10-1)55-73-56(44-27-11-2-12-28-44)78-63(77-55)51-41-52(64-79-57(45-29-13-3-14-30-45)74-58(80-64)46-31-15-4-16-32-46)70-67(69-51)68-71-53(65-81-59(47-33-17-5-18-34-47)75-60(82-65)48-35-19-6-20-36-48)42-54(72-68)66-83-61(49-37-21-7-22-38-49)76-62(84-66)50-39-23-8-24-40-50/h1-42H. The number of hydrogen-bond acceptors (Lipinski definition) is 16. The maximum absolute atomic E-state index is 5.29. The third-order valence-corrected chi connectivity index (χ3v) is 13.4. The summed E-state index contributed by atoms with van der Waals surface area (Å²) in [5.74, 6) is 4.47. The Labute approximate surface area is 481 Å². The average Bonchev–Trinajstić information content (AvgIpc) is 3.30. The van der Waals surface area contributed by atoms with Crippen LogP contribution >= 0.6 is 0 Å². The maximum Gasteiger partial charge on any atom is 0.199 e. The van der Waals surface area contributed by atoms with E-state index in [1.807, 2.05) is 243 Å². The summed E-state index contributed by atoms with van der Waals surface area (Å²) in [6, 6.07) is 81.4. The summed E-state index contributed by atoms with van der Waals surface area (Å²) in [4.78, 5) is 82.1. The lowest BCUT2D eigenvalue weighted by Gasteiger charge is -2.13. The van der Waals surface area contributed by atoms with Gasteiger partial charge in [-0.05, 0) is 12.1 Å². The van der Waals surface area contributed by atoms with Gasteiger partial charge in [0.25, 0.3) is 0 Å². The highest BCUT2D eigenvalue weighted by atomic mass is 15.1. The van der Waals surface area contributed by atoms with E-state index in [2.05, 4.69) is 0 Å². The van der Waals surface area contributed by atoms with Gasteiger partial charge >= 0.3 is 0 Å². The molecule has 0 N–H and O–H groups in total. The van der Waals surface area contributed by atoms with Gasteiger partial charge in [0.15, 0.2) is 81.5 Å². The van der Waals surface area contributed by atoms with Gasteiger partial charge in [0.2, 0.25) is 0 Å². The van der Waals surface area contributed by atoms with E-state index in [9.17, 15) is 0 Å². The largest absolute Gasteiger partial charge is 0.222 e. The molecule has 0 aliphatic carbocycles. The first-order chi connectivity index (χ1) is 41.6. The van der Waals surface area contributed by atoms with Gasteiger partial charge in [-0.15, -0.1) is 0 Å². The van der Waals surface area contributed by atoms with Crippen LogP contribution in [0.5, 0.6) is 0 Å². The third-order valence-electron chi connectivity index (χ3n) is 13.4. The predicted octanol–water partition coefficient (Wildman–Crippen LogP) is 13.7. The van der Waals surface area contributed by atoms with Gasteiger partial charge in [0, 0.05) is 44.5 Å². The van der Waals surface area contributed by atoms with Crippen molar-refractivity contribution in [3.05, 3.63) is 255 Å². The second kappa shape index (κ2) is 22.6.